The quantitative estimate of drug-likeness (QED) is 0.833. The molecule has 1 aromatic carbocycles. The first-order valence-electron chi connectivity index (χ1n) is 7.12. The van der Waals surface area contributed by atoms with Crippen molar-refractivity contribution in [3.63, 3.8) is 0 Å². The fraction of sp³-hybridized carbons (Fsp3) is 0.312. The van der Waals surface area contributed by atoms with Gasteiger partial charge in [0.1, 0.15) is 0 Å². The van der Waals surface area contributed by atoms with Crippen LogP contribution < -0.4 is 0 Å². The normalized spacial score (nSPS) is 21.9. The highest BCUT2D eigenvalue weighted by Crippen LogP contribution is 2.58. The zero-order valence-electron chi connectivity index (χ0n) is 11.9. The van der Waals surface area contributed by atoms with E-state index in [0.29, 0.717) is 22.4 Å². The Balaban J connectivity index is 1.87. The number of rotatable bonds is 2. The van der Waals surface area contributed by atoms with Crippen LogP contribution in [0.3, 0.4) is 0 Å². The van der Waals surface area contributed by atoms with E-state index >= 15 is 0 Å². The molecular formula is C16H15NO5. The predicted molar refractivity (Wildman–Crippen MR) is 76.2 cm³/mol. The molecule has 114 valence electrons. The minimum atomic E-state index is -0.469. The summed E-state index contributed by atoms with van der Waals surface area (Å²) < 4.78 is 11.8. The van der Waals surface area contributed by atoms with E-state index < -0.39 is 5.97 Å². The number of ether oxygens (including phenoxy) is 2. The molecule has 1 fully saturated rings. The van der Waals surface area contributed by atoms with Crippen LogP contribution in [0.1, 0.15) is 46.5 Å². The topological polar surface area (TPSA) is 80.9 Å². The molecule has 0 spiro atoms. The van der Waals surface area contributed by atoms with Gasteiger partial charge in [0.05, 0.1) is 41.7 Å². The molecule has 2 aliphatic heterocycles. The van der Waals surface area contributed by atoms with E-state index in [1.165, 1.54) is 11.7 Å². The Hall–Kier alpha value is -2.47. The lowest BCUT2D eigenvalue weighted by Crippen LogP contribution is -2.03. The Morgan fingerprint density at radius 1 is 1.23 bits per heavy atom. The first kappa shape index (κ1) is 13.2. The first-order chi connectivity index (χ1) is 10.6. The minimum Gasteiger partial charge on any atom is -0.494 e. The zero-order valence-corrected chi connectivity index (χ0v) is 11.9. The van der Waals surface area contributed by atoms with E-state index in [9.17, 15) is 15.0 Å². The second kappa shape index (κ2) is 4.51. The SMILES string of the molecule is COC(=O)c1cccc(-n2c(O)c3c(c2O)C2CCC3O2)c1. The van der Waals surface area contributed by atoms with Gasteiger partial charge in [0, 0.05) is 0 Å². The van der Waals surface area contributed by atoms with Gasteiger partial charge >= 0.3 is 5.97 Å². The number of aromatic nitrogens is 1. The molecule has 2 N–H and O–H groups in total. The number of hydrogen-bond donors (Lipinski definition) is 2. The van der Waals surface area contributed by atoms with Gasteiger partial charge in [-0.3, -0.25) is 4.57 Å². The number of fused-ring (bicyclic) bond motifs is 5. The fourth-order valence-corrected chi connectivity index (χ4v) is 3.41. The van der Waals surface area contributed by atoms with Crippen LogP contribution in [-0.4, -0.2) is 27.9 Å². The van der Waals surface area contributed by atoms with Gasteiger partial charge < -0.3 is 19.7 Å². The average Bonchev–Trinajstić information content (AvgIpc) is 3.21. The van der Waals surface area contributed by atoms with Crippen LogP contribution in [0.15, 0.2) is 24.3 Å². The maximum atomic E-state index is 11.6. The van der Waals surface area contributed by atoms with Gasteiger partial charge in [-0.05, 0) is 31.0 Å². The second-order valence-corrected chi connectivity index (χ2v) is 5.54. The maximum absolute atomic E-state index is 11.6. The van der Waals surface area contributed by atoms with Gasteiger partial charge in [0.15, 0.2) is 0 Å². The molecule has 0 radical (unpaired) electrons. The van der Waals surface area contributed by atoms with Crippen LogP contribution in [0, 0.1) is 0 Å². The van der Waals surface area contributed by atoms with Crippen molar-refractivity contribution in [1.82, 2.24) is 4.57 Å². The van der Waals surface area contributed by atoms with Crippen molar-refractivity contribution in [1.29, 1.82) is 0 Å². The average molecular weight is 301 g/mol. The summed E-state index contributed by atoms with van der Waals surface area (Å²) in [5.41, 5.74) is 2.19. The lowest BCUT2D eigenvalue weighted by molar-refractivity contribution is 0.0600. The molecule has 0 aliphatic carbocycles. The van der Waals surface area contributed by atoms with Gasteiger partial charge in [-0.25, -0.2) is 4.79 Å². The van der Waals surface area contributed by atoms with Crippen molar-refractivity contribution >= 4 is 5.97 Å². The molecule has 1 saturated heterocycles. The zero-order chi connectivity index (χ0) is 15.4. The highest BCUT2D eigenvalue weighted by atomic mass is 16.5. The van der Waals surface area contributed by atoms with Crippen LogP contribution in [0.2, 0.25) is 0 Å². The third kappa shape index (κ3) is 1.61. The standard InChI is InChI=1S/C16H15NO5/c1-21-16(20)8-3-2-4-9(7-8)17-14(18)12-10-5-6-11(22-10)13(12)15(17)19/h2-4,7,10-11,18-19H,5-6H2,1H3. The molecule has 2 unspecified atom stereocenters. The summed E-state index contributed by atoms with van der Waals surface area (Å²) >= 11 is 0. The summed E-state index contributed by atoms with van der Waals surface area (Å²) in [5.74, 6) is -0.521. The van der Waals surface area contributed by atoms with Crippen LogP contribution in [0.5, 0.6) is 11.8 Å². The van der Waals surface area contributed by atoms with Crippen molar-refractivity contribution in [3.8, 4) is 17.4 Å². The highest BCUT2D eigenvalue weighted by molar-refractivity contribution is 5.90. The van der Waals surface area contributed by atoms with Crippen molar-refractivity contribution in [2.24, 2.45) is 0 Å². The first-order valence-corrected chi connectivity index (χ1v) is 7.12. The van der Waals surface area contributed by atoms with E-state index in [-0.39, 0.29) is 24.0 Å². The molecule has 2 bridgehead atoms. The van der Waals surface area contributed by atoms with Crippen molar-refractivity contribution in [3.05, 3.63) is 41.0 Å². The van der Waals surface area contributed by atoms with Crippen LogP contribution >= 0.6 is 0 Å². The van der Waals surface area contributed by atoms with Gasteiger partial charge in [0.2, 0.25) is 11.8 Å². The Bertz CT molecular complexity index is 746. The molecule has 0 amide bonds. The van der Waals surface area contributed by atoms with E-state index in [0.717, 1.165) is 12.8 Å². The van der Waals surface area contributed by atoms with E-state index in [1.807, 2.05) is 0 Å². The molecule has 2 aliphatic rings. The number of methoxy groups -OCH3 is 1. The van der Waals surface area contributed by atoms with Gasteiger partial charge in [-0.15, -0.1) is 0 Å². The Morgan fingerprint density at radius 3 is 2.45 bits per heavy atom. The largest absolute Gasteiger partial charge is 0.494 e. The molecule has 1 aromatic heterocycles. The Morgan fingerprint density at radius 2 is 1.86 bits per heavy atom. The van der Waals surface area contributed by atoms with Gasteiger partial charge in [0.25, 0.3) is 0 Å². The molecular weight excluding hydrogens is 286 g/mol. The number of aromatic hydroxyl groups is 2. The Kier molecular flexibility index (Phi) is 2.71. The van der Waals surface area contributed by atoms with E-state index in [4.69, 9.17) is 9.47 Å². The van der Waals surface area contributed by atoms with Gasteiger partial charge in [-0.2, -0.15) is 0 Å². The smallest absolute Gasteiger partial charge is 0.337 e. The number of esters is 1. The summed E-state index contributed by atoms with van der Waals surface area (Å²) in [6.07, 6.45) is 1.38. The summed E-state index contributed by atoms with van der Waals surface area (Å²) in [6, 6.07) is 6.58. The van der Waals surface area contributed by atoms with E-state index in [1.54, 1.807) is 24.3 Å². The molecule has 6 heteroatoms. The second-order valence-electron chi connectivity index (χ2n) is 5.54. The molecule has 2 aromatic rings. The minimum absolute atomic E-state index is 0.0262. The van der Waals surface area contributed by atoms with Crippen molar-refractivity contribution < 1.29 is 24.5 Å². The predicted octanol–water partition coefficient (Wildman–Crippen LogP) is 2.58. The molecule has 4 rings (SSSR count). The lowest BCUT2D eigenvalue weighted by Gasteiger charge is -2.11. The summed E-state index contributed by atoms with van der Waals surface area (Å²) in [5, 5.41) is 21.0. The number of carbonyl (C=O) groups excluding carboxylic acids is 1. The van der Waals surface area contributed by atoms with Crippen molar-refractivity contribution in [2.45, 2.75) is 25.0 Å². The number of nitrogens with zero attached hydrogens (tertiary/aromatic N) is 1. The summed E-state index contributed by atoms with van der Waals surface area (Å²) in [4.78, 5) is 11.6. The van der Waals surface area contributed by atoms with Crippen LogP contribution in [0.4, 0.5) is 0 Å². The molecule has 6 nitrogen and oxygen atoms in total. The number of carbonyl (C=O) groups is 1. The third-order valence-corrected chi connectivity index (χ3v) is 4.38. The van der Waals surface area contributed by atoms with Crippen LogP contribution in [0.25, 0.3) is 5.69 Å². The number of benzene rings is 1. The fourth-order valence-electron chi connectivity index (χ4n) is 3.41. The van der Waals surface area contributed by atoms with E-state index in [2.05, 4.69) is 0 Å². The molecule has 3 heterocycles. The van der Waals surface area contributed by atoms with Gasteiger partial charge in [-0.1, -0.05) is 6.07 Å². The summed E-state index contributed by atoms with van der Waals surface area (Å²) in [6.45, 7) is 0. The number of hydrogen-bond acceptors (Lipinski definition) is 5. The monoisotopic (exact) mass is 301 g/mol. The van der Waals surface area contributed by atoms with Crippen LogP contribution in [-0.2, 0) is 9.47 Å². The molecule has 2 atom stereocenters. The maximum Gasteiger partial charge on any atom is 0.337 e. The van der Waals surface area contributed by atoms with Crippen molar-refractivity contribution in [2.75, 3.05) is 7.11 Å². The third-order valence-electron chi connectivity index (χ3n) is 4.38. The highest BCUT2D eigenvalue weighted by Gasteiger charge is 2.45. The molecule has 22 heavy (non-hydrogen) atoms. The lowest BCUT2D eigenvalue weighted by atomic mass is 9.95. The molecule has 0 saturated carbocycles. The Labute approximate surface area is 126 Å². The summed E-state index contributed by atoms with van der Waals surface area (Å²) in [7, 11) is 1.31.